The second-order valence-corrected chi connectivity index (χ2v) is 5.20. The highest BCUT2D eigenvalue weighted by atomic mass is 32.1. The summed E-state index contributed by atoms with van der Waals surface area (Å²) >= 11 is 4.99. The molecule has 0 aromatic heterocycles. The van der Waals surface area contributed by atoms with E-state index in [1.165, 1.54) is 9.80 Å². The van der Waals surface area contributed by atoms with E-state index < -0.39 is 5.92 Å². The lowest BCUT2D eigenvalue weighted by atomic mass is 9.97. The second kappa shape index (κ2) is 7.00. The van der Waals surface area contributed by atoms with Gasteiger partial charge in [-0.2, -0.15) is 0 Å². The van der Waals surface area contributed by atoms with Crippen LogP contribution in [0.15, 0.2) is 30.3 Å². The molecular formula is C14H19N3O2S. The molecule has 1 aromatic carbocycles. The van der Waals surface area contributed by atoms with E-state index in [2.05, 4.69) is 0 Å². The minimum absolute atomic E-state index is 0.00220. The van der Waals surface area contributed by atoms with Gasteiger partial charge in [0.1, 0.15) is 5.92 Å². The average molecular weight is 293 g/mol. The summed E-state index contributed by atoms with van der Waals surface area (Å²) < 4.78 is 0. The van der Waals surface area contributed by atoms with Crippen molar-refractivity contribution < 1.29 is 9.59 Å². The van der Waals surface area contributed by atoms with Crippen LogP contribution in [0.4, 0.5) is 0 Å². The molecule has 0 fully saturated rings. The topological polar surface area (TPSA) is 66.6 Å². The van der Waals surface area contributed by atoms with Gasteiger partial charge in [0.05, 0.1) is 11.5 Å². The first-order valence-electron chi connectivity index (χ1n) is 6.14. The fourth-order valence-electron chi connectivity index (χ4n) is 1.72. The molecule has 0 aliphatic carbocycles. The van der Waals surface area contributed by atoms with Crippen LogP contribution in [0, 0.1) is 0 Å². The van der Waals surface area contributed by atoms with Crippen LogP contribution in [0.5, 0.6) is 0 Å². The van der Waals surface area contributed by atoms with Crippen molar-refractivity contribution in [3.8, 4) is 0 Å². The fourth-order valence-corrected chi connectivity index (χ4v) is 1.95. The van der Waals surface area contributed by atoms with Gasteiger partial charge in [-0.15, -0.1) is 0 Å². The van der Waals surface area contributed by atoms with Gasteiger partial charge in [0.15, 0.2) is 0 Å². The Bertz CT molecular complexity index is 502. The third kappa shape index (κ3) is 4.03. The molecule has 1 rings (SSSR count). The highest BCUT2D eigenvalue weighted by Gasteiger charge is 2.27. The van der Waals surface area contributed by atoms with Crippen molar-refractivity contribution in [2.24, 2.45) is 5.73 Å². The molecule has 0 spiro atoms. The van der Waals surface area contributed by atoms with Gasteiger partial charge in [0.25, 0.3) is 0 Å². The summed E-state index contributed by atoms with van der Waals surface area (Å²) in [6, 6.07) is 9.08. The van der Waals surface area contributed by atoms with Crippen molar-refractivity contribution in [2.45, 2.75) is 5.92 Å². The number of nitrogens with zero attached hydrogens (tertiary/aromatic N) is 2. The number of carbonyl (C=O) groups excluding carboxylic acids is 2. The molecule has 2 N–H and O–H groups in total. The molecule has 6 heteroatoms. The minimum atomic E-state index is -0.703. The molecule has 20 heavy (non-hydrogen) atoms. The largest absolute Gasteiger partial charge is 0.392 e. The monoisotopic (exact) mass is 293 g/mol. The van der Waals surface area contributed by atoms with Crippen LogP contribution >= 0.6 is 12.2 Å². The summed E-state index contributed by atoms with van der Waals surface area (Å²) in [4.78, 5) is 27.0. The molecule has 0 heterocycles. The number of carbonyl (C=O) groups is 2. The predicted octanol–water partition coefficient (Wildman–Crippen LogP) is 0.603. The summed E-state index contributed by atoms with van der Waals surface area (Å²) in [7, 11) is 4.85. The Morgan fingerprint density at radius 3 is 2.20 bits per heavy atom. The summed E-state index contributed by atoms with van der Waals surface area (Å²) in [5.41, 5.74) is 6.42. The number of likely N-dealkylation sites (N-methyl/N-ethyl adjacent to an activating group) is 2. The Morgan fingerprint density at radius 2 is 1.75 bits per heavy atom. The van der Waals surface area contributed by atoms with Gasteiger partial charge in [0, 0.05) is 21.1 Å². The van der Waals surface area contributed by atoms with E-state index in [4.69, 9.17) is 18.0 Å². The van der Waals surface area contributed by atoms with E-state index in [0.717, 1.165) is 5.56 Å². The van der Waals surface area contributed by atoms with Crippen molar-refractivity contribution in [3.05, 3.63) is 35.9 Å². The first-order chi connectivity index (χ1) is 9.34. The predicted molar refractivity (Wildman–Crippen MR) is 82.3 cm³/mol. The zero-order valence-corrected chi connectivity index (χ0v) is 12.7. The first-order valence-corrected chi connectivity index (χ1v) is 6.54. The van der Waals surface area contributed by atoms with Gasteiger partial charge in [-0.05, 0) is 5.56 Å². The number of hydrogen-bond donors (Lipinski definition) is 1. The Labute approximate surface area is 124 Å². The summed E-state index contributed by atoms with van der Waals surface area (Å²) in [5, 5.41) is 0. The zero-order chi connectivity index (χ0) is 15.3. The van der Waals surface area contributed by atoms with E-state index in [1.54, 1.807) is 33.3 Å². The third-order valence-corrected chi connectivity index (χ3v) is 3.15. The van der Waals surface area contributed by atoms with E-state index in [0.29, 0.717) is 0 Å². The molecule has 0 saturated heterocycles. The average Bonchev–Trinajstić information content (AvgIpc) is 2.39. The quantitative estimate of drug-likeness (QED) is 0.808. The van der Waals surface area contributed by atoms with Gasteiger partial charge in [0.2, 0.25) is 11.8 Å². The fraction of sp³-hybridized carbons (Fsp3) is 0.357. The first kappa shape index (κ1) is 16.1. The highest BCUT2D eigenvalue weighted by molar-refractivity contribution is 7.80. The molecule has 0 bridgehead atoms. The van der Waals surface area contributed by atoms with Crippen molar-refractivity contribution >= 4 is 29.0 Å². The number of benzene rings is 1. The lowest BCUT2D eigenvalue weighted by molar-refractivity contribution is -0.138. The van der Waals surface area contributed by atoms with Crippen molar-refractivity contribution in [1.29, 1.82) is 0 Å². The van der Waals surface area contributed by atoms with E-state index in [9.17, 15) is 9.59 Å². The van der Waals surface area contributed by atoms with Gasteiger partial charge in [-0.3, -0.25) is 9.59 Å². The third-order valence-electron chi connectivity index (χ3n) is 2.91. The molecule has 2 amide bonds. The van der Waals surface area contributed by atoms with Crippen LogP contribution in [0.25, 0.3) is 0 Å². The van der Waals surface area contributed by atoms with Crippen LogP contribution < -0.4 is 5.73 Å². The van der Waals surface area contributed by atoms with E-state index in [1.807, 2.05) is 18.2 Å². The Kier molecular flexibility index (Phi) is 5.64. The van der Waals surface area contributed by atoms with Gasteiger partial charge in [-0.1, -0.05) is 42.5 Å². The molecule has 1 aromatic rings. The van der Waals surface area contributed by atoms with Crippen LogP contribution in [0.2, 0.25) is 0 Å². The molecule has 0 radical (unpaired) electrons. The number of nitrogens with two attached hydrogens (primary N) is 1. The Hall–Kier alpha value is -1.95. The summed E-state index contributed by atoms with van der Waals surface area (Å²) in [6.07, 6.45) is 0. The molecule has 1 unspecified atom stereocenters. The van der Waals surface area contributed by atoms with Crippen molar-refractivity contribution in [1.82, 2.24) is 9.80 Å². The van der Waals surface area contributed by atoms with Crippen LogP contribution in [0.3, 0.4) is 0 Å². The highest BCUT2D eigenvalue weighted by Crippen LogP contribution is 2.18. The standard InChI is InChI=1S/C14H19N3O2S/c1-16(2)11(18)9-17(3)14(19)12(13(15)20)10-7-5-4-6-8-10/h4-8,12H,9H2,1-3H3,(H2,15,20). The lowest BCUT2D eigenvalue weighted by Gasteiger charge is -2.24. The second-order valence-electron chi connectivity index (χ2n) is 4.73. The maximum absolute atomic E-state index is 12.4. The maximum atomic E-state index is 12.4. The van der Waals surface area contributed by atoms with Gasteiger partial charge in [-0.25, -0.2) is 0 Å². The normalized spacial score (nSPS) is 11.6. The minimum Gasteiger partial charge on any atom is -0.392 e. The number of amides is 2. The lowest BCUT2D eigenvalue weighted by Crippen LogP contribution is -2.42. The van der Waals surface area contributed by atoms with Crippen molar-refractivity contribution in [2.75, 3.05) is 27.7 Å². The smallest absolute Gasteiger partial charge is 0.241 e. The number of rotatable bonds is 5. The van der Waals surface area contributed by atoms with Gasteiger partial charge >= 0.3 is 0 Å². The van der Waals surface area contributed by atoms with E-state index in [-0.39, 0.29) is 23.3 Å². The molecule has 1 atom stereocenters. The molecule has 0 aliphatic heterocycles. The van der Waals surface area contributed by atoms with Crippen LogP contribution in [-0.4, -0.2) is 54.3 Å². The molecule has 108 valence electrons. The van der Waals surface area contributed by atoms with E-state index >= 15 is 0 Å². The van der Waals surface area contributed by atoms with Crippen LogP contribution in [0.1, 0.15) is 11.5 Å². The summed E-state index contributed by atoms with van der Waals surface area (Å²) in [6.45, 7) is -0.00220. The number of thiocarbonyl (C=S) groups is 1. The van der Waals surface area contributed by atoms with Crippen LogP contribution in [-0.2, 0) is 9.59 Å². The van der Waals surface area contributed by atoms with Crippen molar-refractivity contribution in [3.63, 3.8) is 0 Å². The Morgan fingerprint density at radius 1 is 1.20 bits per heavy atom. The Balaban J connectivity index is 2.91. The SMILES string of the molecule is CN(C)C(=O)CN(C)C(=O)C(C(N)=S)c1ccccc1. The molecule has 5 nitrogen and oxygen atoms in total. The number of hydrogen-bond acceptors (Lipinski definition) is 3. The zero-order valence-electron chi connectivity index (χ0n) is 11.9. The summed E-state index contributed by atoms with van der Waals surface area (Å²) in [5.74, 6) is -1.14. The van der Waals surface area contributed by atoms with Gasteiger partial charge < -0.3 is 15.5 Å². The molecule has 0 aliphatic rings. The molecule has 0 saturated carbocycles. The maximum Gasteiger partial charge on any atom is 0.241 e. The molecular weight excluding hydrogens is 274 g/mol.